The van der Waals surface area contributed by atoms with E-state index in [9.17, 15) is 4.79 Å². The third-order valence-electron chi connectivity index (χ3n) is 2.34. The maximum Gasteiger partial charge on any atom is 0.207 e. The van der Waals surface area contributed by atoms with Gasteiger partial charge in [0.2, 0.25) is 5.43 Å². The van der Waals surface area contributed by atoms with E-state index in [1.54, 1.807) is 4.68 Å². The predicted molar refractivity (Wildman–Crippen MR) is 64.2 cm³/mol. The minimum absolute atomic E-state index is 0.0466. The smallest absolute Gasteiger partial charge is 0.207 e. The van der Waals surface area contributed by atoms with Gasteiger partial charge >= 0.3 is 0 Å². The molecular formula is C12H13N3O. The molecule has 0 aliphatic carbocycles. The molecule has 0 atom stereocenters. The summed E-state index contributed by atoms with van der Waals surface area (Å²) in [5.41, 5.74) is 6.16. The van der Waals surface area contributed by atoms with Crippen molar-refractivity contribution in [2.75, 3.05) is 6.54 Å². The molecule has 0 unspecified atom stereocenters. The first kappa shape index (κ1) is 10.6. The first-order valence-electron chi connectivity index (χ1n) is 5.13. The van der Waals surface area contributed by atoms with Crippen LogP contribution >= 0.6 is 0 Å². The van der Waals surface area contributed by atoms with Gasteiger partial charge in [-0.1, -0.05) is 24.3 Å². The second kappa shape index (κ2) is 4.72. The fourth-order valence-electron chi connectivity index (χ4n) is 1.58. The first-order chi connectivity index (χ1) is 7.83. The quantitative estimate of drug-likeness (QED) is 0.774. The summed E-state index contributed by atoms with van der Waals surface area (Å²) < 4.78 is 1.78. The summed E-state index contributed by atoms with van der Waals surface area (Å²) in [4.78, 5) is 11.5. The number of aromatic nitrogens is 2. The second-order valence-corrected chi connectivity index (χ2v) is 3.42. The monoisotopic (exact) mass is 215 g/mol. The van der Waals surface area contributed by atoms with Gasteiger partial charge in [-0.2, -0.15) is 5.10 Å². The fraction of sp³-hybridized carbons (Fsp3) is 0.167. The van der Waals surface area contributed by atoms with E-state index < -0.39 is 0 Å². The van der Waals surface area contributed by atoms with E-state index in [0.717, 1.165) is 5.52 Å². The van der Waals surface area contributed by atoms with Crippen LogP contribution in [0.25, 0.3) is 10.9 Å². The normalized spacial score (nSPS) is 11.3. The molecule has 2 N–H and O–H groups in total. The second-order valence-electron chi connectivity index (χ2n) is 3.42. The molecular weight excluding hydrogens is 202 g/mol. The molecule has 0 aliphatic heterocycles. The van der Waals surface area contributed by atoms with Gasteiger partial charge in [0.15, 0.2) is 0 Å². The zero-order valence-electron chi connectivity index (χ0n) is 8.84. The summed E-state index contributed by atoms with van der Waals surface area (Å²) in [5, 5.41) is 4.78. The van der Waals surface area contributed by atoms with Gasteiger partial charge in [-0.05, 0) is 12.1 Å². The molecule has 0 bridgehead atoms. The Kier molecular flexibility index (Phi) is 3.12. The van der Waals surface area contributed by atoms with Gasteiger partial charge in [-0.25, -0.2) is 0 Å². The van der Waals surface area contributed by atoms with Gasteiger partial charge in [0.05, 0.1) is 18.3 Å². The lowest BCUT2D eigenvalue weighted by Gasteiger charge is -2.05. The fourth-order valence-corrected chi connectivity index (χ4v) is 1.58. The van der Waals surface area contributed by atoms with Crippen LogP contribution < -0.4 is 11.2 Å². The van der Waals surface area contributed by atoms with Crippen LogP contribution in [0.15, 0.2) is 47.4 Å². The molecule has 0 saturated heterocycles. The number of para-hydroxylation sites is 1. The molecule has 0 aliphatic rings. The number of allylic oxidation sites excluding steroid dienone is 1. The van der Waals surface area contributed by atoms with Gasteiger partial charge in [-0.3, -0.25) is 9.48 Å². The van der Waals surface area contributed by atoms with E-state index in [4.69, 9.17) is 5.73 Å². The number of nitrogens with two attached hydrogens (primary N) is 1. The highest BCUT2D eigenvalue weighted by atomic mass is 16.1. The maximum atomic E-state index is 11.5. The Hall–Kier alpha value is -1.94. The average molecular weight is 215 g/mol. The van der Waals surface area contributed by atoms with E-state index in [1.165, 1.54) is 6.20 Å². The number of nitrogens with zero attached hydrogens (tertiary/aromatic N) is 2. The highest BCUT2D eigenvalue weighted by molar-refractivity contribution is 5.77. The van der Waals surface area contributed by atoms with Crippen molar-refractivity contribution in [3.05, 3.63) is 52.8 Å². The van der Waals surface area contributed by atoms with E-state index in [1.807, 2.05) is 36.4 Å². The summed E-state index contributed by atoms with van der Waals surface area (Å²) in [6, 6.07) is 7.44. The highest BCUT2D eigenvalue weighted by Gasteiger charge is 2.00. The third kappa shape index (κ3) is 2.01. The Labute approximate surface area is 93.0 Å². The van der Waals surface area contributed by atoms with E-state index in [2.05, 4.69) is 5.10 Å². The zero-order chi connectivity index (χ0) is 11.4. The predicted octanol–water partition coefficient (Wildman–Crippen LogP) is 0.911. The molecule has 0 fully saturated rings. The largest absolute Gasteiger partial charge is 0.327 e. The average Bonchev–Trinajstić information content (AvgIpc) is 2.33. The maximum absolute atomic E-state index is 11.5. The lowest BCUT2D eigenvalue weighted by atomic mass is 10.2. The molecule has 1 aromatic heterocycles. The van der Waals surface area contributed by atoms with Crippen molar-refractivity contribution in [3.8, 4) is 0 Å². The highest BCUT2D eigenvalue weighted by Crippen LogP contribution is 2.07. The summed E-state index contributed by atoms with van der Waals surface area (Å²) >= 11 is 0. The van der Waals surface area contributed by atoms with Crippen LogP contribution in [0.5, 0.6) is 0 Å². The van der Waals surface area contributed by atoms with Crippen LogP contribution in [0.2, 0.25) is 0 Å². The van der Waals surface area contributed by atoms with E-state index in [-0.39, 0.29) is 5.43 Å². The number of hydrogen-bond acceptors (Lipinski definition) is 3. The van der Waals surface area contributed by atoms with Crippen molar-refractivity contribution in [1.82, 2.24) is 9.78 Å². The van der Waals surface area contributed by atoms with Crippen LogP contribution in [0, 0.1) is 0 Å². The summed E-state index contributed by atoms with van der Waals surface area (Å²) in [6.07, 6.45) is 5.15. The van der Waals surface area contributed by atoms with E-state index >= 15 is 0 Å². The minimum Gasteiger partial charge on any atom is -0.327 e. The molecule has 0 radical (unpaired) electrons. The van der Waals surface area contributed by atoms with Gasteiger partial charge in [-0.15, -0.1) is 0 Å². The van der Waals surface area contributed by atoms with Crippen molar-refractivity contribution in [3.63, 3.8) is 0 Å². The van der Waals surface area contributed by atoms with Crippen LogP contribution in [-0.4, -0.2) is 16.3 Å². The van der Waals surface area contributed by atoms with Crippen molar-refractivity contribution < 1.29 is 0 Å². The lowest BCUT2D eigenvalue weighted by molar-refractivity contribution is 0.708. The first-order valence-corrected chi connectivity index (χ1v) is 5.13. The van der Waals surface area contributed by atoms with Gasteiger partial charge in [0.1, 0.15) is 0 Å². The zero-order valence-corrected chi connectivity index (χ0v) is 8.84. The van der Waals surface area contributed by atoms with Crippen LogP contribution in [0.3, 0.4) is 0 Å². The molecule has 4 nitrogen and oxygen atoms in total. The van der Waals surface area contributed by atoms with Crippen molar-refractivity contribution in [2.45, 2.75) is 6.54 Å². The molecule has 1 heterocycles. The Morgan fingerprint density at radius 2 is 2.12 bits per heavy atom. The molecule has 16 heavy (non-hydrogen) atoms. The standard InChI is InChI=1S/C12H13N3O/c13-7-3-4-8-15-11-6-2-1-5-10(11)12(16)9-14-15/h1-6,9H,7-8,13H2. The summed E-state index contributed by atoms with van der Waals surface area (Å²) in [7, 11) is 0. The molecule has 2 aromatic rings. The Morgan fingerprint density at radius 3 is 2.94 bits per heavy atom. The Balaban J connectivity index is 2.50. The summed E-state index contributed by atoms with van der Waals surface area (Å²) in [5.74, 6) is 0. The molecule has 1 aromatic carbocycles. The van der Waals surface area contributed by atoms with Gasteiger partial charge in [0.25, 0.3) is 0 Å². The van der Waals surface area contributed by atoms with Gasteiger partial charge in [0, 0.05) is 11.9 Å². The topological polar surface area (TPSA) is 60.9 Å². The summed E-state index contributed by atoms with van der Waals surface area (Å²) in [6.45, 7) is 1.14. The van der Waals surface area contributed by atoms with Gasteiger partial charge < -0.3 is 5.73 Å². The number of hydrogen-bond donors (Lipinski definition) is 1. The molecule has 2 rings (SSSR count). The van der Waals surface area contributed by atoms with Crippen LogP contribution in [0.1, 0.15) is 0 Å². The van der Waals surface area contributed by atoms with Crippen LogP contribution in [-0.2, 0) is 6.54 Å². The molecule has 4 heteroatoms. The molecule has 0 spiro atoms. The molecule has 82 valence electrons. The molecule has 0 amide bonds. The Bertz CT molecular complexity index is 572. The van der Waals surface area contributed by atoms with Crippen molar-refractivity contribution in [2.24, 2.45) is 5.73 Å². The Morgan fingerprint density at radius 1 is 1.31 bits per heavy atom. The van der Waals surface area contributed by atoms with Crippen molar-refractivity contribution in [1.29, 1.82) is 0 Å². The molecule has 0 saturated carbocycles. The number of fused-ring (bicyclic) bond motifs is 1. The minimum atomic E-state index is -0.0466. The lowest BCUT2D eigenvalue weighted by Crippen LogP contribution is -2.11. The van der Waals surface area contributed by atoms with Crippen LogP contribution in [0.4, 0.5) is 0 Å². The van der Waals surface area contributed by atoms with Crippen molar-refractivity contribution >= 4 is 10.9 Å². The number of benzene rings is 1. The SMILES string of the molecule is NCC=CCn1ncc(=O)c2ccccc21. The van der Waals surface area contributed by atoms with E-state index in [0.29, 0.717) is 18.5 Å². The third-order valence-corrected chi connectivity index (χ3v) is 2.34. The number of rotatable bonds is 3.